The summed E-state index contributed by atoms with van der Waals surface area (Å²) in [5.41, 5.74) is 0.641. The van der Waals surface area contributed by atoms with Crippen molar-refractivity contribution in [2.45, 2.75) is 19.8 Å². The standard InChI is InChI=1S/C10H13N5O/c1-10(4-5-10)6-11-7-2-3-8-12-13-9(16)15(8)14-7/h2-3H,4-6H2,1H3,(H,11,14)(H,13,16). The molecule has 1 saturated carbocycles. The molecule has 0 amide bonds. The van der Waals surface area contributed by atoms with Gasteiger partial charge in [-0.3, -0.25) is 0 Å². The van der Waals surface area contributed by atoms with Crippen molar-refractivity contribution in [3.63, 3.8) is 0 Å². The zero-order chi connectivity index (χ0) is 11.2. The highest BCUT2D eigenvalue weighted by atomic mass is 16.2. The fourth-order valence-corrected chi connectivity index (χ4v) is 1.59. The van der Waals surface area contributed by atoms with Crippen molar-refractivity contribution in [3.05, 3.63) is 22.6 Å². The van der Waals surface area contributed by atoms with Gasteiger partial charge in [0, 0.05) is 6.54 Å². The van der Waals surface area contributed by atoms with Gasteiger partial charge in [0.25, 0.3) is 0 Å². The molecule has 6 heteroatoms. The molecule has 0 radical (unpaired) electrons. The van der Waals surface area contributed by atoms with E-state index in [2.05, 4.69) is 27.5 Å². The molecule has 84 valence electrons. The summed E-state index contributed by atoms with van der Waals surface area (Å²) in [6.07, 6.45) is 2.52. The quantitative estimate of drug-likeness (QED) is 0.794. The maximum absolute atomic E-state index is 11.3. The Labute approximate surface area is 91.7 Å². The Morgan fingerprint density at radius 2 is 2.38 bits per heavy atom. The molecule has 1 fully saturated rings. The Bertz CT molecular complexity index is 580. The van der Waals surface area contributed by atoms with E-state index in [-0.39, 0.29) is 5.69 Å². The maximum Gasteiger partial charge on any atom is 0.364 e. The zero-order valence-electron chi connectivity index (χ0n) is 9.03. The van der Waals surface area contributed by atoms with Crippen LogP contribution in [0.4, 0.5) is 5.82 Å². The van der Waals surface area contributed by atoms with Crippen LogP contribution < -0.4 is 11.0 Å². The van der Waals surface area contributed by atoms with E-state index in [9.17, 15) is 4.79 Å². The second kappa shape index (κ2) is 3.07. The zero-order valence-corrected chi connectivity index (χ0v) is 9.03. The smallest absolute Gasteiger partial charge is 0.364 e. The lowest BCUT2D eigenvalue weighted by molar-refractivity contribution is 0.608. The van der Waals surface area contributed by atoms with Crippen LogP contribution in [0.25, 0.3) is 5.65 Å². The molecule has 0 spiro atoms. The highest BCUT2D eigenvalue weighted by Gasteiger charge is 2.36. The molecule has 2 heterocycles. The highest BCUT2D eigenvalue weighted by Crippen LogP contribution is 2.44. The number of aromatic amines is 1. The second-order valence-corrected chi connectivity index (χ2v) is 4.68. The van der Waals surface area contributed by atoms with Crippen molar-refractivity contribution in [2.75, 3.05) is 11.9 Å². The topological polar surface area (TPSA) is 75.1 Å². The Hall–Kier alpha value is -1.85. The number of hydrogen-bond donors (Lipinski definition) is 2. The summed E-state index contributed by atoms with van der Waals surface area (Å²) in [5, 5.41) is 13.6. The average Bonchev–Trinajstić information content (AvgIpc) is 2.92. The van der Waals surface area contributed by atoms with Gasteiger partial charge in [0.2, 0.25) is 0 Å². The molecule has 2 N–H and O–H groups in total. The van der Waals surface area contributed by atoms with Crippen molar-refractivity contribution >= 4 is 11.5 Å². The van der Waals surface area contributed by atoms with Crippen LogP contribution in [-0.2, 0) is 0 Å². The summed E-state index contributed by atoms with van der Waals surface area (Å²) in [7, 11) is 0. The van der Waals surface area contributed by atoms with Crippen LogP contribution in [0, 0.1) is 5.41 Å². The van der Waals surface area contributed by atoms with E-state index in [1.165, 1.54) is 17.4 Å². The summed E-state index contributed by atoms with van der Waals surface area (Å²) in [5.74, 6) is 0.712. The molecule has 1 aliphatic rings. The minimum atomic E-state index is -0.309. The molecule has 1 aliphatic carbocycles. The fourth-order valence-electron chi connectivity index (χ4n) is 1.59. The predicted octanol–water partition coefficient (Wildman–Crippen LogP) is 0.630. The van der Waals surface area contributed by atoms with Gasteiger partial charge in [-0.2, -0.15) is 9.61 Å². The third-order valence-corrected chi connectivity index (χ3v) is 3.07. The molecule has 0 bridgehead atoms. The van der Waals surface area contributed by atoms with Gasteiger partial charge in [-0.25, -0.2) is 9.89 Å². The molecule has 3 rings (SSSR count). The van der Waals surface area contributed by atoms with Crippen molar-refractivity contribution in [1.29, 1.82) is 0 Å². The van der Waals surface area contributed by atoms with Crippen LogP contribution in [-0.4, -0.2) is 26.4 Å². The number of aromatic nitrogens is 4. The molecule has 0 unspecified atom stereocenters. The molecule has 0 saturated heterocycles. The Balaban J connectivity index is 1.86. The van der Waals surface area contributed by atoms with Crippen LogP contribution in [0.5, 0.6) is 0 Å². The number of nitrogens with zero attached hydrogens (tertiary/aromatic N) is 3. The minimum Gasteiger partial charge on any atom is -0.368 e. The van der Waals surface area contributed by atoms with Gasteiger partial charge in [0.05, 0.1) is 0 Å². The first-order valence-corrected chi connectivity index (χ1v) is 5.35. The van der Waals surface area contributed by atoms with Gasteiger partial charge in [-0.1, -0.05) is 6.92 Å². The lowest BCUT2D eigenvalue weighted by Crippen LogP contribution is -2.17. The fraction of sp³-hybridized carbons (Fsp3) is 0.500. The van der Waals surface area contributed by atoms with Crippen molar-refractivity contribution in [3.8, 4) is 0 Å². The third-order valence-electron chi connectivity index (χ3n) is 3.07. The van der Waals surface area contributed by atoms with Gasteiger partial charge in [0.15, 0.2) is 5.65 Å². The molecular weight excluding hydrogens is 206 g/mol. The van der Waals surface area contributed by atoms with Gasteiger partial charge in [-0.15, -0.1) is 5.10 Å². The minimum absolute atomic E-state index is 0.309. The van der Waals surface area contributed by atoms with Crippen molar-refractivity contribution in [2.24, 2.45) is 5.41 Å². The van der Waals surface area contributed by atoms with Gasteiger partial charge in [-0.05, 0) is 30.4 Å². The van der Waals surface area contributed by atoms with E-state index in [0.29, 0.717) is 16.9 Å². The van der Waals surface area contributed by atoms with Crippen molar-refractivity contribution < 1.29 is 0 Å². The van der Waals surface area contributed by atoms with E-state index in [1.807, 2.05) is 6.07 Å². The maximum atomic E-state index is 11.3. The summed E-state index contributed by atoms with van der Waals surface area (Å²) in [4.78, 5) is 11.3. The van der Waals surface area contributed by atoms with Crippen LogP contribution in [0.15, 0.2) is 16.9 Å². The monoisotopic (exact) mass is 219 g/mol. The largest absolute Gasteiger partial charge is 0.368 e. The Morgan fingerprint density at radius 1 is 1.56 bits per heavy atom. The summed E-state index contributed by atoms with van der Waals surface area (Å²) >= 11 is 0. The van der Waals surface area contributed by atoms with E-state index >= 15 is 0 Å². The lowest BCUT2D eigenvalue weighted by Gasteiger charge is -2.09. The SMILES string of the molecule is CC1(CNc2ccc3n[nH]c(=O)n3n2)CC1. The molecule has 0 atom stereocenters. The molecular formula is C10H13N5O. The molecule has 0 aromatic carbocycles. The second-order valence-electron chi connectivity index (χ2n) is 4.68. The average molecular weight is 219 g/mol. The van der Waals surface area contributed by atoms with Crippen LogP contribution in [0.1, 0.15) is 19.8 Å². The predicted molar refractivity (Wildman–Crippen MR) is 59.4 cm³/mol. The molecule has 2 aromatic heterocycles. The van der Waals surface area contributed by atoms with Crippen LogP contribution in [0.2, 0.25) is 0 Å². The van der Waals surface area contributed by atoms with Gasteiger partial charge < -0.3 is 5.32 Å². The number of anilines is 1. The lowest BCUT2D eigenvalue weighted by atomic mass is 10.1. The number of hydrogen-bond acceptors (Lipinski definition) is 4. The number of rotatable bonds is 3. The van der Waals surface area contributed by atoms with Crippen molar-refractivity contribution in [1.82, 2.24) is 19.8 Å². The highest BCUT2D eigenvalue weighted by molar-refractivity contribution is 5.43. The molecule has 6 nitrogen and oxygen atoms in total. The van der Waals surface area contributed by atoms with E-state index in [4.69, 9.17) is 0 Å². The number of H-pyrrole nitrogens is 1. The van der Waals surface area contributed by atoms with E-state index < -0.39 is 0 Å². The molecule has 0 aliphatic heterocycles. The molecule has 16 heavy (non-hydrogen) atoms. The normalized spacial score (nSPS) is 17.6. The van der Waals surface area contributed by atoms with E-state index in [0.717, 1.165) is 6.54 Å². The summed E-state index contributed by atoms with van der Waals surface area (Å²) < 4.78 is 1.26. The van der Waals surface area contributed by atoms with Gasteiger partial charge in [0.1, 0.15) is 5.82 Å². The first-order chi connectivity index (χ1) is 7.66. The summed E-state index contributed by atoms with van der Waals surface area (Å²) in [6, 6.07) is 3.60. The van der Waals surface area contributed by atoms with E-state index in [1.54, 1.807) is 6.07 Å². The Kier molecular flexibility index (Phi) is 1.80. The van der Waals surface area contributed by atoms with Crippen LogP contribution >= 0.6 is 0 Å². The number of nitrogens with one attached hydrogen (secondary N) is 2. The third kappa shape index (κ3) is 1.56. The number of fused-ring (bicyclic) bond motifs is 1. The summed E-state index contributed by atoms with van der Waals surface area (Å²) in [6.45, 7) is 3.14. The first kappa shape index (κ1) is 9.38. The first-order valence-electron chi connectivity index (χ1n) is 5.35. The van der Waals surface area contributed by atoms with Gasteiger partial charge >= 0.3 is 5.69 Å². The van der Waals surface area contributed by atoms with Crippen LogP contribution in [0.3, 0.4) is 0 Å². The molecule has 2 aromatic rings. The Morgan fingerprint density at radius 3 is 3.12 bits per heavy atom.